The second kappa shape index (κ2) is 11.7. The number of rotatable bonds is 8. The van der Waals surface area contributed by atoms with E-state index in [2.05, 4.69) is 46.6 Å². The molecule has 162 valence electrons. The quantitative estimate of drug-likeness (QED) is 0.228. The number of guanidine groups is 1. The van der Waals surface area contributed by atoms with E-state index in [0.717, 1.165) is 36.6 Å². The van der Waals surface area contributed by atoms with E-state index < -0.39 is 0 Å². The van der Waals surface area contributed by atoms with Crippen LogP contribution in [0.15, 0.2) is 23.2 Å². The summed E-state index contributed by atoms with van der Waals surface area (Å²) in [4.78, 5) is 4.65. The fraction of sp³-hybridized carbons (Fsp3) is 0.550. The van der Waals surface area contributed by atoms with Gasteiger partial charge in [-0.25, -0.2) is 9.38 Å². The minimum atomic E-state index is -0.333. The number of aryl methyl sites for hydroxylation is 1. The molecule has 9 heteroatoms. The summed E-state index contributed by atoms with van der Waals surface area (Å²) in [5.74, 6) is 2.03. The van der Waals surface area contributed by atoms with Crippen molar-refractivity contribution in [1.82, 2.24) is 25.4 Å². The van der Waals surface area contributed by atoms with Crippen LogP contribution in [0.5, 0.6) is 0 Å². The van der Waals surface area contributed by atoms with Crippen LogP contribution in [-0.4, -0.2) is 33.8 Å². The van der Waals surface area contributed by atoms with Crippen molar-refractivity contribution in [2.75, 3.05) is 13.1 Å². The minimum absolute atomic E-state index is 0. The van der Waals surface area contributed by atoms with E-state index in [1.165, 1.54) is 12.1 Å². The molecule has 2 rings (SSSR count). The minimum Gasteiger partial charge on any atom is -0.356 e. The van der Waals surface area contributed by atoms with Gasteiger partial charge < -0.3 is 15.2 Å². The van der Waals surface area contributed by atoms with E-state index in [0.29, 0.717) is 24.1 Å². The first-order chi connectivity index (χ1) is 13.2. The summed E-state index contributed by atoms with van der Waals surface area (Å²) < 4.78 is 15.3. The van der Waals surface area contributed by atoms with Crippen LogP contribution in [0.1, 0.15) is 50.8 Å². The van der Waals surface area contributed by atoms with Gasteiger partial charge in [-0.1, -0.05) is 44.9 Å². The van der Waals surface area contributed by atoms with Gasteiger partial charge in [0.05, 0.1) is 0 Å². The monoisotopic (exact) mass is 536 g/mol. The normalized spacial score (nSPS) is 11.9. The lowest BCUT2D eigenvalue weighted by molar-refractivity contribution is 0.506. The summed E-state index contributed by atoms with van der Waals surface area (Å²) in [6, 6.07) is 4.53. The molecule has 1 aromatic carbocycles. The Labute approximate surface area is 194 Å². The SMILES string of the molecule is CCCCNC(=NCc1nnc(C)n1C)NCC(C)(C)c1ccc(F)cc1Cl.I. The third-order valence-electron chi connectivity index (χ3n) is 4.74. The van der Waals surface area contributed by atoms with Gasteiger partial charge in [0.25, 0.3) is 0 Å². The zero-order valence-corrected chi connectivity index (χ0v) is 20.8. The molecule has 1 heterocycles. The number of unbranched alkanes of at least 4 members (excludes halogenated alkanes) is 1. The van der Waals surface area contributed by atoms with Gasteiger partial charge in [0, 0.05) is 30.6 Å². The van der Waals surface area contributed by atoms with E-state index in [9.17, 15) is 4.39 Å². The van der Waals surface area contributed by atoms with Gasteiger partial charge in [-0.2, -0.15) is 0 Å². The lowest BCUT2D eigenvalue weighted by Gasteiger charge is -2.28. The predicted molar refractivity (Wildman–Crippen MR) is 128 cm³/mol. The number of hydrogen-bond acceptors (Lipinski definition) is 3. The van der Waals surface area contributed by atoms with E-state index in [1.807, 2.05) is 18.5 Å². The van der Waals surface area contributed by atoms with Crippen LogP contribution in [0, 0.1) is 12.7 Å². The molecule has 0 radical (unpaired) electrons. The lowest BCUT2D eigenvalue weighted by atomic mass is 9.84. The van der Waals surface area contributed by atoms with E-state index in [-0.39, 0.29) is 35.2 Å². The van der Waals surface area contributed by atoms with Crippen LogP contribution in [0.2, 0.25) is 5.02 Å². The second-order valence-electron chi connectivity index (χ2n) is 7.53. The molecule has 0 saturated heterocycles. The molecule has 0 aliphatic carbocycles. The van der Waals surface area contributed by atoms with Crippen LogP contribution >= 0.6 is 35.6 Å². The molecular weight excluding hydrogens is 506 g/mol. The topological polar surface area (TPSA) is 67.1 Å². The van der Waals surface area contributed by atoms with E-state index in [4.69, 9.17) is 11.6 Å². The Kier molecular flexibility index (Phi) is 10.3. The maximum absolute atomic E-state index is 13.4. The molecule has 0 amide bonds. The maximum Gasteiger partial charge on any atom is 0.191 e. The summed E-state index contributed by atoms with van der Waals surface area (Å²) in [5, 5.41) is 15.4. The van der Waals surface area contributed by atoms with Gasteiger partial charge in [0.1, 0.15) is 18.2 Å². The summed E-state index contributed by atoms with van der Waals surface area (Å²) in [6.45, 7) is 10.0. The number of aliphatic imine (C=N–C) groups is 1. The summed E-state index contributed by atoms with van der Waals surface area (Å²) in [7, 11) is 1.93. The van der Waals surface area contributed by atoms with Crippen LogP contribution in [0.3, 0.4) is 0 Å². The number of hydrogen-bond donors (Lipinski definition) is 2. The molecule has 0 aliphatic rings. The Morgan fingerprint density at radius 2 is 2.00 bits per heavy atom. The van der Waals surface area contributed by atoms with Crippen LogP contribution < -0.4 is 10.6 Å². The van der Waals surface area contributed by atoms with Gasteiger partial charge >= 0.3 is 0 Å². The van der Waals surface area contributed by atoms with Crippen molar-refractivity contribution in [1.29, 1.82) is 0 Å². The second-order valence-corrected chi connectivity index (χ2v) is 7.94. The van der Waals surface area contributed by atoms with E-state index in [1.54, 1.807) is 6.07 Å². The molecule has 0 spiro atoms. The molecular formula is C20H31ClFIN6. The van der Waals surface area contributed by atoms with Gasteiger partial charge in [0.2, 0.25) is 0 Å². The fourth-order valence-corrected chi connectivity index (χ4v) is 3.16. The van der Waals surface area contributed by atoms with Crippen molar-refractivity contribution in [3.8, 4) is 0 Å². The smallest absolute Gasteiger partial charge is 0.191 e. The van der Waals surface area contributed by atoms with Gasteiger partial charge in [0.15, 0.2) is 11.8 Å². The highest BCUT2D eigenvalue weighted by atomic mass is 127. The molecule has 2 N–H and O–H groups in total. The third kappa shape index (κ3) is 7.40. The Morgan fingerprint density at radius 1 is 1.28 bits per heavy atom. The summed E-state index contributed by atoms with van der Waals surface area (Å²) in [6.07, 6.45) is 2.15. The van der Waals surface area contributed by atoms with Crippen molar-refractivity contribution in [3.05, 3.63) is 46.3 Å². The standard InChI is InChI=1S/C20H30ClFN6.HI/c1-6-7-10-23-19(24-12-18-27-26-14(2)28(18)5)25-13-20(3,4)16-9-8-15(22)11-17(16)21;/h8-9,11H,6-7,10,12-13H2,1-5H3,(H2,23,24,25);1H. The lowest BCUT2D eigenvalue weighted by Crippen LogP contribution is -2.44. The summed E-state index contributed by atoms with van der Waals surface area (Å²) in [5.41, 5.74) is 0.583. The largest absolute Gasteiger partial charge is 0.356 e. The summed E-state index contributed by atoms with van der Waals surface area (Å²) >= 11 is 6.26. The van der Waals surface area contributed by atoms with Crippen molar-refractivity contribution >= 4 is 41.5 Å². The molecule has 6 nitrogen and oxygen atoms in total. The average Bonchev–Trinajstić information content (AvgIpc) is 2.95. The molecule has 29 heavy (non-hydrogen) atoms. The molecule has 2 aromatic rings. The van der Waals surface area contributed by atoms with Crippen LogP contribution in [-0.2, 0) is 19.0 Å². The van der Waals surface area contributed by atoms with Gasteiger partial charge in [-0.15, -0.1) is 34.2 Å². The highest BCUT2D eigenvalue weighted by Gasteiger charge is 2.24. The zero-order valence-electron chi connectivity index (χ0n) is 17.7. The predicted octanol–water partition coefficient (Wildman–Crippen LogP) is 4.35. The molecule has 0 atom stereocenters. The fourth-order valence-electron chi connectivity index (χ4n) is 2.73. The molecule has 1 aromatic heterocycles. The molecule has 0 unspecified atom stereocenters. The number of nitrogens with zero attached hydrogens (tertiary/aromatic N) is 4. The van der Waals surface area contributed by atoms with E-state index >= 15 is 0 Å². The van der Waals surface area contributed by atoms with Crippen molar-refractivity contribution < 1.29 is 4.39 Å². The van der Waals surface area contributed by atoms with Crippen molar-refractivity contribution in [3.63, 3.8) is 0 Å². The first-order valence-corrected chi connectivity index (χ1v) is 9.95. The van der Waals surface area contributed by atoms with Crippen LogP contribution in [0.4, 0.5) is 4.39 Å². The third-order valence-corrected chi connectivity index (χ3v) is 5.05. The molecule has 0 bridgehead atoms. The number of benzene rings is 1. The maximum atomic E-state index is 13.4. The zero-order chi connectivity index (χ0) is 20.7. The van der Waals surface area contributed by atoms with Crippen LogP contribution in [0.25, 0.3) is 0 Å². The Hall–Kier alpha value is -1.42. The number of aromatic nitrogens is 3. The van der Waals surface area contributed by atoms with Crippen molar-refractivity contribution in [2.24, 2.45) is 12.0 Å². The molecule has 0 fully saturated rings. The Bertz CT molecular complexity index is 821. The Balaban J connectivity index is 0.00000420. The Morgan fingerprint density at radius 3 is 2.59 bits per heavy atom. The molecule has 0 saturated carbocycles. The van der Waals surface area contributed by atoms with Gasteiger partial charge in [-0.05, 0) is 31.0 Å². The van der Waals surface area contributed by atoms with Crippen molar-refractivity contribution in [2.45, 2.75) is 52.5 Å². The first kappa shape index (κ1) is 25.6. The number of nitrogens with one attached hydrogen (secondary N) is 2. The number of halogens is 3. The highest BCUT2D eigenvalue weighted by molar-refractivity contribution is 14.0. The van der Waals surface area contributed by atoms with Gasteiger partial charge in [-0.3, -0.25) is 0 Å². The highest BCUT2D eigenvalue weighted by Crippen LogP contribution is 2.29. The first-order valence-electron chi connectivity index (χ1n) is 9.57. The average molecular weight is 537 g/mol. The molecule has 0 aliphatic heterocycles.